The summed E-state index contributed by atoms with van der Waals surface area (Å²) in [5.41, 5.74) is 0.577. The number of halogens is 1. The van der Waals surface area contributed by atoms with Crippen molar-refractivity contribution in [3.05, 3.63) is 29.6 Å². The molecule has 1 aromatic rings. The molecule has 0 aliphatic carbocycles. The molecule has 2 rings (SSSR count). The van der Waals surface area contributed by atoms with Gasteiger partial charge in [0.15, 0.2) is 5.78 Å². The number of fused-ring (bicyclic) bond motifs is 1. The first kappa shape index (κ1) is 15.5. The third-order valence-electron chi connectivity index (χ3n) is 3.86. The van der Waals surface area contributed by atoms with Crippen LogP contribution in [0.1, 0.15) is 26.3 Å². The standard InChI is InChI=1S/C16H20FNO3/c1-4-21-15(20)16(2,3)14(19)10-18-8-7-11-5-6-12(17)9-13(11)18/h5-6,9H,4,7-8,10H2,1-3H3. The fraction of sp³-hybridized carbons (Fsp3) is 0.500. The highest BCUT2D eigenvalue weighted by Crippen LogP contribution is 2.30. The van der Waals surface area contributed by atoms with Crippen LogP contribution in [-0.2, 0) is 20.7 Å². The zero-order valence-electron chi connectivity index (χ0n) is 12.6. The third-order valence-corrected chi connectivity index (χ3v) is 3.86. The number of benzene rings is 1. The van der Waals surface area contributed by atoms with Gasteiger partial charge in [0, 0.05) is 12.2 Å². The van der Waals surface area contributed by atoms with Crippen molar-refractivity contribution in [3.63, 3.8) is 0 Å². The van der Waals surface area contributed by atoms with E-state index in [-0.39, 0.29) is 24.8 Å². The van der Waals surface area contributed by atoms with Gasteiger partial charge in [-0.2, -0.15) is 0 Å². The number of anilines is 1. The molecule has 0 fully saturated rings. The minimum absolute atomic E-state index is 0.0856. The Kier molecular flexibility index (Phi) is 4.30. The van der Waals surface area contributed by atoms with Crippen LogP contribution in [0.5, 0.6) is 0 Å². The van der Waals surface area contributed by atoms with E-state index in [2.05, 4.69) is 0 Å². The van der Waals surface area contributed by atoms with Gasteiger partial charge in [-0.3, -0.25) is 9.59 Å². The number of hydrogen-bond donors (Lipinski definition) is 0. The second-order valence-corrected chi connectivity index (χ2v) is 5.71. The molecule has 1 aliphatic heterocycles. The quantitative estimate of drug-likeness (QED) is 0.617. The number of rotatable bonds is 5. The van der Waals surface area contributed by atoms with Crippen LogP contribution in [-0.4, -0.2) is 31.4 Å². The van der Waals surface area contributed by atoms with E-state index in [0.29, 0.717) is 6.54 Å². The summed E-state index contributed by atoms with van der Waals surface area (Å²) in [5.74, 6) is -1.07. The maximum Gasteiger partial charge on any atom is 0.319 e. The second-order valence-electron chi connectivity index (χ2n) is 5.71. The monoisotopic (exact) mass is 293 g/mol. The highest BCUT2D eigenvalue weighted by Gasteiger charge is 2.38. The van der Waals surface area contributed by atoms with Gasteiger partial charge in [0.1, 0.15) is 11.2 Å². The molecular weight excluding hydrogens is 273 g/mol. The molecule has 1 heterocycles. The van der Waals surface area contributed by atoms with Crippen LogP contribution in [0.25, 0.3) is 0 Å². The first-order chi connectivity index (χ1) is 9.86. The molecule has 4 nitrogen and oxygen atoms in total. The van der Waals surface area contributed by atoms with Crippen molar-refractivity contribution >= 4 is 17.4 Å². The number of ether oxygens (including phenoxy) is 1. The third kappa shape index (κ3) is 3.06. The summed E-state index contributed by atoms with van der Waals surface area (Å²) in [6.45, 7) is 5.82. The van der Waals surface area contributed by atoms with Gasteiger partial charge in [-0.05, 0) is 44.9 Å². The summed E-state index contributed by atoms with van der Waals surface area (Å²) in [4.78, 5) is 26.1. The maximum atomic E-state index is 13.3. The van der Waals surface area contributed by atoms with Gasteiger partial charge in [-0.25, -0.2) is 4.39 Å². The van der Waals surface area contributed by atoms with Gasteiger partial charge in [0.05, 0.1) is 13.2 Å². The molecule has 0 N–H and O–H groups in total. The molecule has 21 heavy (non-hydrogen) atoms. The largest absolute Gasteiger partial charge is 0.465 e. The maximum absolute atomic E-state index is 13.3. The highest BCUT2D eigenvalue weighted by atomic mass is 19.1. The lowest BCUT2D eigenvalue weighted by molar-refractivity contribution is -0.157. The molecule has 0 unspecified atom stereocenters. The Balaban J connectivity index is 2.12. The number of esters is 1. The summed E-state index contributed by atoms with van der Waals surface area (Å²) in [5, 5.41) is 0. The molecule has 0 saturated heterocycles. The topological polar surface area (TPSA) is 46.6 Å². The lowest BCUT2D eigenvalue weighted by atomic mass is 9.88. The molecule has 0 atom stereocenters. The molecule has 0 amide bonds. The summed E-state index contributed by atoms with van der Waals surface area (Å²) < 4.78 is 18.3. The van der Waals surface area contributed by atoms with Crippen LogP contribution in [0, 0.1) is 11.2 Å². The predicted octanol–water partition coefficient (Wildman–Crippen LogP) is 2.35. The summed E-state index contributed by atoms with van der Waals surface area (Å²) in [7, 11) is 0. The van der Waals surface area contributed by atoms with Gasteiger partial charge in [-0.15, -0.1) is 0 Å². The van der Waals surface area contributed by atoms with Crippen molar-refractivity contribution in [2.24, 2.45) is 5.41 Å². The van der Waals surface area contributed by atoms with E-state index in [1.165, 1.54) is 12.1 Å². The van der Waals surface area contributed by atoms with Crippen molar-refractivity contribution in [2.45, 2.75) is 27.2 Å². The molecular formula is C16H20FNO3. The Bertz CT molecular complexity index is 569. The predicted molar refractivity (Wildman–Crippen MR) is 77.7 cm³/mol. The SMILES string of the molecule is CCOC(=O)C(C)(C)C(=O)CN1CCc2ccc(F)cc21. The Morgan fingerprint density at radius 1 is 1.38 bits per heavy atom. The second kappa shape index (κ2) is 5.84. The van der Waals surface area contributed by atoms with Crippen molar-refractivity contribution < 1.29 is 18.7 Å². The Morgan fingerprint density at radius 3 is 2.76 bits per heavy atom. The van der Waals surface area contributed by atoms with Crippen LogP contribution in [0.15, 0.2) is 18.2 Å². The van der Waals surface area contributed by atoms with Crippen molar-refractivity contribution in [1.29, 1.82) is 0 Å². The molecule has 0 saturated carbocycles. The normalized spacial score (nSPS) is 14.0. The number of carbonyl (C=O) groups is 2. The lowest BCUT2D eigenvalue weighted by Crippen LogP contribution is -2.42. The molecule has 1 aromatic carbocycles. The zero-order chi connectivity index (χ0) is 15.6. The van der Waals surface area contributed by atoms with E-state index < -0.39 is 11.4 Å². The van der Waals surface area contributed by atoms with Gasteiger partial charge >= 0.3 is 5.97 Å². The van der Waals surface area contributed by atoms with Gasteiger partial charge in [0.2, 0.25) is 0 Å². The van der Waals surface area contributed by atoms with Crippen LogP contribution < -0.4 is 4.90 Å². The molecule has 0 radical (unpaired) electrons. The average Bonchev–Trinajstić information content (AvgIpc) is 2.81. The molecule has 114 valence electrons. The van der Waals surface area contributed by atoms with E-state index in [4.69, 9.17) is 4.74 Å². The van der Waals surface area contributed by atoms with E-state index in [0.717, 1.165) is 17.7 Å². The van der Waals surface area contributed by atoms with E-state index in [9.17, 15) is 14.0 Å². The number of ketones is 1. The van der Waals surface area contributed by atoms with Crippen molar-refractivity contribution in [2.75, 3.05) is 24.6 Å². The van der Waals surface area contributed by atoms with E-state index >= 15 is 0 Å². The molecule has 1 aliphatic rings. The molecule has 5 heteroatoms. The fourth-order valence-electron chi connectivity index (χ4n) is 2.38. The molecule has 0 aromatic heterocycles. The Labute approximate surface area is 123 Å². The first-order valence-electron chi connectivity index (χ1n) is 7.10. The average molecular weight is 293 g/mol. The highest BCUT2D eigenvalue weighted by molar-refractivity contribution is 6.05. The Morgan fingerprint density at radius 2 is 2.10 bits per heavy atom. The fourth-order valence-corrected chi connectivity index (χ4v) is 2.38. The van der Waals surface area contributed by atoms with Crippen LogP contribution in [0.4, 0.5) is 10.1 Å². The lowest BCUT2D eigenvalue weighted by Gasteiger charge is -2.25. The number of hydrogen-bond acceptors (Lipinski definition) is 4. The van der Waals surface area contributed by atoms with E-state index in [1.807, 2.05) is 4.90 Å². The first-order valence-corrected chi connectivity index (χ1v) is 7.10. The van der Waals surface area contributed by atoms with Gasteiger partial charge < -0.3 is 9.64 Å². The van der Waals surface area contributed by atoms with E-state index in [1.54, 1.807) is 26.8 Å². The van der Waals surface area contributed by atoms with Gasteiger partial charge in [0.25, 0.3) is 0 Å². The van der Waals surface area contributed by atoms with Crippen LogP contribution in [0.3, 0.4) is 0 Å². The smallest absolute Gasteiger partial charge is 0.319 e. The number of nitrogens with zero attached hydrogens (tertiary/aromatic N) is 1. The summed E-state index contributed by atoms with van der Waals surface area (Å²) in [6, 6.07) is 4.60. The minimum atomic E-state index is -1.19. The van der Waals surface area contributed by atoms with Crippen LogP contribution in [0.2, 0.25) is 0 Å². The summed E-state index contributed by atoms with van der Waals surface area (Å²) in [6.07, 6.45) is 0.780. The molecule has 0 bridgehead atoms. The Hall–Kier alpha value is -1.91. The van der Waals surface area contributed by atoms with Gasteiger partial charge in [-0.1, -0.05) is 6.07 Å². The molecule has 0 spiro atoms. The minimum Gasteiger partial charge on any atom is -0.465 e. The summed E-state index contributed by atoms with van der Waals surface area (Å²) >= 11 is 0. The van der Waals surface area contributed by atoms with Crippen LogP contribution >= 0.6 is 0 Å². The number of Topliss-reactive ketones (excluding diaryl/α,β-unsaturated/α-hetero) is 1. The zero-order valence-corrected chi connectivity index (χ0v) is 12.6. The van der Waals surface area contributed by atoms with Crippen molar-refractivity contribution in [3.8, 4) is 0 Å². The number of carbonyl (C=O) groups excluding carboxylic acids is 2. The van der Waals surface area contributed by atoms with Crippen molar-refractivity contribution in [1.82, 2.24) is 0 Å².